The number of benzene rings is 2. The van der Waals surface area contributed by atoms with E-state index in [1.165, 1.54) is 11.4 Å². The third-order valence-corrected chi connectivity index (χ3v) is 5.79. The third kappa shape index (κ3) is 8.99. The second-order valence-corrected chi connectivity index (χ2v) is 9.96. The monoisotopic (exact) mass is 504 g/mol. The highest BCUT2D eigenvalue weighted by molar-refractivity contribution is 7.81. The average molecular weight is 505 g/mol. The van der Waals surface area contributed by atoms with E-state index in [-0.39, 0.29) is 23.6 Å². The molecule has 1 unspecified atom stereocenters. The van der Waals surface area contributed by atoms with E-state index in [2.05, 4.69) is 12.2 Å². The van der Waals surface area contributed by atoms with Gasteiger partial charge in [-0.3, -0.25) is 9.35 Å². The third-order valence-electron chi connectivity index (χ3n) is 5.07. The first-order valence-corrected chi connectivity index (χ1v) is 12.8. The topological polar surface area (TPSA) is 105 Å². The number of hydrogen-bond donors (Lipinski definition) is 2. The molecule has 9 heteroatoms. The minimum atomic E-state index is -2.42. The summed E-state index contributed by atoms with van der Waals surface area (Å²) in [5.41, 5.74) is 2.11. The summed E-state index contributed by atoms with van der Waals surface area (Å²) in [7, 11) is 1.26. The van der Waals surface area contributed by atoms with Gasteiger partial charge in [-0.25, -0.2) is 13.3 Å². The fourth-order valence-electron chi connectivity index (χ4n) is 3.45. The summed E-state index contributed by atoms with van der Waals surface area (Å²) in [5.74, 6) is -0.904. The minimum absolute atomic E-state index is 0.141. The van der Waals surface area contributed by atoms with Crippen molar-refractivity contribution in [1.82, 2.24) is 0 Å². The molecule has 0 bridgehead atoms. The van der Waals surface area contributed by atoms with Gasteiger partial charge in [0.2, 0.25) is 0 Å². The van der Waals surface area contributed by atoms with Gasteiger partial charge in [-0.2, -0.15) is 0 Å². The molecule has 1 atom stereocenters. The van der Waals surface area contributed by atoms with Gasteiger partial charge in [-0.05, 0) is 75.9 Å². The van der Waals surface area contributed by atoms with Gasteiger partial charge in [0.25, 0.3) is 11.3 Å². The summed E-state index contributed by atoms with van der Waals surface area (Å²) in [6, 6.07) is 12.3. The van der Waals surface area contributed by atoms with E-state index in [1.54, 1.807) is 30.3 Å². The van der Waals surface area contributed by atoms with Crippen LogP contribution in [0, 0.1) is 0 Å². The number of ether oxygens (including phenoxy) is 2. The van der Waals surface area contributed by atoms with Crippen molar-refractivity contribution in [1.29, 1.82) is 0 Å². The Morgan fingerprint density at radius 3 is 2.34 bits per heavy atom. The number of hydrogen-bond acceptors (Lipinski definition) is 6. The molecule has 0 saturated heterocycles. The fraction of sp³-hybridized carbons (Fsp3) is 0.462. The first-order chi connectivity index (χ1) is 16.6. The normalized spacial score (nSPS) is 12.1. The van der Waals surface area contributed by atoms with E-state index in [1.807, 2.05) is 32.9 Å². The molecule has 2 aromatic rings. The van der Waals surface area contributed by atoms with E-state index < -0.39 is 22.8 Å². The lowest BCUT2D eigenvalue weighted by atomic mass is 10.1. The number of carbonyl (C=O) groups excluding carboxylic acids is 2. The van der Waals surface area contributed by atoms with Crippen molar-refractivity contribution >= 4 is 40.3 Å². The van der Waals surface area contributed by atoms with Crippen LogP contribution < -0.4 is 9.62 Å². The summed E-state index contributed by atoms with van der Waals surface area (Å²) in [6.45, 7) is 8.07. The molecule has 0 aliphatic heterocycles. The molecule has 0 amide bonds. The number of rotatable bonds is 12. The predicted molar refractivity (Wildman–Crippen MR) is 139 cm³/mol. The summed E-state index contributed by atoms with van der Waals surface area (Å²) in [5, 5.41) is 3.17. The van der Waals surface area contributed by atoms with Crippen LogP contribution >= 0.6 is 0 Å². The van der Waals surface area contributed by atoms with Gasteiger partial charge in [-0.15, -0.1) is 0 Å². The summed E-state index contributed by atoms with van der Waals surface area (Å²) in [4.78, 5) is 24.4. The molecule has 2 N–H and O–H groups in total. The lowest BCUT2D eigenvalue weighted by Gasteiger charge is -2.23. The first kappa shape index (κ1) is 28.3. The molecular weight excluding hydrogens is 468 g/mol. The maximum atomic E-state index is 12.6. The Bertz CT molecular complexity index is 1020. The Labute approximate surface area is 210 Å². The molecule has 2 aromatic carbocycles. The molecule has 8 nitrogen and oxygen atoms in total. The van der Waals surface area contributed by atoms with Gasteiger partial charge in [0, 0.05) is 18.7 Å². The van der Waals surface area contributed by atoms with E-state index >= 15 is 0 Å². The average Bonchev–Trinajstić information content (AvgIpc) is 2.80. The highest BCUT2D eigenvalue weighted by Crippen LogP contribution is 2.32. The lowest BCUT2D eigenvalue weighted by Crippen LogP contribution is -2.24. The summed E-state index contributed by atoms with van der Waals surface area (Å²) in [6.07, 6.45) is 3.88. The molecule has 2 rings (SSSR count). The molecule has 0 heterocycles. The SMILES string of the molecule is CCCCc1ccc(N(c2ccc(NCCCC(=O)OC(C)(C)C)cc2C(=O)OC)S(=O)O)cc1. The number of carbonyl (C=O) groups is 2. The standard InChI is InChI=1S/C26H36N2O6S/c1-6-7-9-19-11-14-21(15-12-19)28(35(31)32)23-16-13-20(18-22(23)25(30)33-5)27-17-8-10-24(29)34-26(2,3)4/h11-16,18,27H,6-10,17H2,1-5H3,(H,31,32). The highest BCUT2D eigenvalue weighted by atomic mass is 32.2. The Morgan fingerprint density at radius 2 is 1.77 bits per heavy atom. The zero-order chi connectivity index (χ0) is 26.0. The predicted octanol–water partition coefficient (Wildman–Crippen LogP) is 5.62. The quantitative estimate of drug-likeness (QED) is 0.219. The Morgan fingerprint density at radius 1 is 1.09 bits per heavy atom. The number of unbranched alkanes of at least 4 members (excludes halogenated alkanes) is 1. The molecule has 0 aromatic heterocycles. The number of aryl methyl sites for hydroxylation is 1. The second kappa shape index (κ2) is 13.3. The maximum absolute atomic E-state index is 12.6. The molecule has 0 spiro atoms. The van der Waals surface area contributed by atoms with Crippen molar-refractivity contribution < 1.29 is 27.8 Å². The van der Waals surface area contributed by atoms with Crippen LogP contribution in [-0.4, -0.2) is 40.0 Å². The van der Waals surface area contributed by atoms with Gasteiger partial charge in [-0.1, -0.05) is 25.5 Å². The number of methoxy groups -OCH3 is 1. The molecule has 192 valence electrons. The Balaban J connectivity index is 2.20. The van der Waals surface area contributed by atoms with E-state index in [0.29, 0.717) is 24.3 Å². The van der Waals surface area contributed by atoms with E-state index in [0.717, 1.165) is 24.8 Å². The number of nitrogens with zero attached hydrogens (tertiary/aromatic N) is 1. The molecule has 35 heavy (non-hydrogen) atoms. The van der Waals surface area contributed by atoms with E-state index in [9.17, 15) is 18.4 Å². The zero-order valence-corrected chi connectivity index (χ0v) is 21.9. The molecule has 0 aliphatic rings. The van der Waals surface area contributed by atoms with Crippen LogP contribution in [-0.2, 0) is 32.0 Å². The minimum Gasteiger partial charge on any atom is -0.465 e. The van der Waals surface area contributed by atoms with Gasteiger partial charge in [0.1, 0.15) is 5.60 Å². The van der Waals surface area contributed by atoms with Crippen LogP contribution in [0.5, 0.6) is 0 Å². The fourth-order valence-corrected chi connectivity index (χ4v) is 4.08. The zero-order valence-electron chi connectivity index (χ0n) is 21.1. The molecule has 0 aliphatic carbocycles. The van der Waals surface area contributed by atoms with Crippen molar-refractivity contribution in [2.45, 2.75) is 65.4 Å². The van der Waals surface area contributed by atoms with Crippen molar-refractivity contribution in [2.24, 2.45) is 0 Å². The summed E-state index contributed by atoms with van der Waals surface area (Å²) < 4.78 is 33.8. The van der Waals surface area contributed by atoms with Crippen LogP contribution in [0.3, 0.4) is 0 Å². The number of esters is 2. The largest absolute Gasteiger partial charge is 0.465 e. The van der Waals surface area contributed by atoms with Crippen LogP contribution in [0.15, 0.2) is 42.5 Å². The number of anilines is 3. The van der Waals surface area contributed by atoms with Crippen LogP contribution in [0.25, 0.3) is 0 Å². The van der Waals surface area contributed by atoms with Gasteiger partial charge in [0.15, 0.2) is 0 Å². The van der Waals surface area contributed by atoms with Crippen molar-refractivity contribution in [3.63, 3.8) is 0 Å². The molecular formula is C26H36N2O6S. The smallest absolute Gasteiger partial charge is 0.340 e. The molecule has 0 radical (unpaired) electrons. The van der Waals surface area contributed by atoms with Crippen LogP contribution in [0.1, 0.15) is 69.3 Å². The molecule has 0 saturated carbocycles. The van der Waals surface area contributed by atoms with Crippen LogP contribution in [0.4, 0.5) is 17.1 Å². The lowest BCUT2D eigenvalue weighted by molar-refractivity contribution is -0.154. The molecule has 0 fully saturated rings. The van der Waals surface area contributed by atoms with Gasteiger partial charge >= 0.3 is 11.9 Å². The van der Waals surface area contributed by atoms with Crippen molar-refractivity contribution in [2.75, 3.05) is 23.3 Å². The highest BCUT2D eigenvalue weighted by Gasteiger charge is 2.23. The Hall–Kier alpha value is -2.91. The van der Waals surface area contributed by atoms with Gasteiger partial charge in [0.05, 0.1) is 24.0 Å². The number of nitrogens with one attached hydrogen (secondary N) is 1. The first-order valence-electron chi connectivity index (χ1n) is 11.7. The maximum Gasteiger partial charge on any atom is 0.340 e. The summed E-state index contributed by atoms with van der Waals surface area (Å²) >= 11 is -2.42. The van der Waals surface area contributed by atoms with Crippen molar-refractivity contribution in [3.8, 4) is 0 Å². The van der Waals surface area contributed by atoms with Crippen molar-refractivity contribution in [3.05, 3.63) is 53.6 Å². The second-order valence-electron chi connectivity index (χ2n) is 9.14. The van der Waals surface area contributed by atoms with E-state index in [4.69, 9.17) is 9.47 Å². The Kier molecular flexibility index (Phi) is 10.7. The van der Waals surface area contributed by atoms with Gasteiger partial charge < -0.3 is 14.8 Å². The van der Waals surface area contributed by atoms with Crippen LogP contribution in [0.2, 0.25) is 0 Å².